The lowest BCUT2D eigenvalue weighted by atomic mass is 10.1. The number of rotatable bonds is 3. The highest BCUT2D eigenvalue weighted by Gasteiger charge is 2.34. The van der Waals surface area contributed by atoms with E-state index in [2.05, 4.69) is 10.5 Å². The maximum Gasteiger partial charge on any atom is 0.227 e. The second-order valence-corrected chi connectivity index (χ2v) is 6.49. The molecule has 4 nitrogen and oxygen atoms in total. The Morgan fingerprint density at radius 1 is 1.20 bits per heavy atom. The van der Waals surface area contributed by atoms with E-state index < -0.39 is 0 Å². The predicted octanol–water partition coefficient (Wildman–Crippen LogP) is 3.50. The Balaban J connectivity index is 1.70. The van der Waals surface area contributed by atoms with Crippen molar-refractivity contribution in [2.45, 2.75) is 25.8 Å². The fraction of sp³-hybridized carbons (Fsp3) is 0.238. The number of benzene rings is 2. The van der Waals surface area contributed by atoms with Crippen molar-refractivity contribution in [3.05, 3.63) is 59.9 Å². The lowest BCUT2D eigenvalue weighted by Gasteiger charge is -2.17. The average Bonchev–Trinajstić information content (AvgIpc) is 3.17. The van der Waals surface area contributed by atoms with Crippen LogP contribution in [0.15, 0.2) is 48.5 Å². The molecule has 1 fully saturated rings. The van der Waals surface area contributed by atoms with E-state index in [9.17, 15) is 4.79 Å². The molecule has 3 aromatic rings. The number of fused-ring (bicyclic) bond motifs is 1. The smallest absolute Gasteiger partial charge is 0.227 e. The van der Waals surface area contributed by atoms with Gasteiger partial charge in [0.2, 0.25) is 5.91 Å². The van der Waals surface area contributed by atoms with Gasteiger partial charge in [0.05, 0.1) is 17.6 Å². The average molecular weight is 329 g/mol. The SMILES string of the molecule is C#CCn1c(C2CC(=O)N(c3ccc(C)cc3)C2)nc2ccccc21. The highest BCUT2D eigenvalue weighted by molar-refractivity contribution is 5.96. The van der Waals surface area contributed by atoms with Crippen molar-refractivity contribution in [2.75, 3.05) is 11.4 Å². The van der Waals surface area contributed by atoms with Crippen molar-refractivity contribution < 1.29 is 4.79 Å². The third-order valence-electron chi connectivity index (χ3n) is 4.77. The summed E-state index contributed by atoms with van der Waals surface area (Å²) in [6.45, 7) is 3.14. The van der Waals surface area contributed by atoms with E-state index in [0.717, 1.165) is 22.5 Å². The number of aromatic nitrogens is 2. The van der Waals surface area contributed by atoms with E-state index in [-0.39, 0.29) is 11.8 Å². The number of para-hydroxylation sites is 2. The number of nitrogens with zero attached hydrogens (tertiary/aromatic N) is 3. The fourth-order valence-corrected chi connectivity index (χ4v) is 3.52. The Labute approximate surface area is 147 Å². The molecule has 1 saturated heterocycles. The van der Waals surface area contributed by atoms with Crippen LogP contribution in [0, 0.1) is 19.3 Å². The molecule has 0 saturated carbocycles. The van der Waals surface area contributed by atoms with Crippen molar-refractivity contribution in [2.24, 2.45) is 0 Å². The van der Waals surface area contributed by atoms with Crippen LogP contribution in [0.3, 0.4) is 0 Å². The van der Waals surface area contributed by atoms with E-state index in [0.29, 0.717) is 19.5 Å². The first-order valence-electron chi connectivity index (χ1n) is 8.43. The maximum atomic E-state index is 12.6. The summed E-state index contributed by atoms with van der Waals surface area (Å²) in [4.78, 5) is 19.2. The first-order chi connectivity index (χ1) is 12.2. The summed E-state index contributed by atoms with van der Waals surface area (Å²) in [6, 6.07) is 16.0. The minimum absolute atomic E-state index is 0.0505. The lowest BCUT2D eigenvalue weighted by Crippen LogP contribution is -2.24. The zero-order chi connectivity index (χ0) is 17.4. The molecule has 1 aliphatic rings. The van der Waals surface area contributed by atoms with Crippen LogP contribution in [0.1, 0.15) is 23.7 Å². The van der Waals surface area contributed by atoms with Crippen LogP contribution >= 0.6 is 0 Å². The summed E-state index contributed by atoms with van der Waals surface area (Å²) in [5.41, 5.74) is 4.08. The third kappa shape index (κ3) is 2.68. The fourth-order valence-electron chi connectivity index (χ4n) is 3.52. The van der Waals surface area contributed by atoms with E-state index in [1.807, 2.05) is 60.4 Å². The van der Waals surface area contributed by atoms with Gasteiger partial charge in [-0.05, 0) is 31.2 Å². The van der Waals surface area contributed by atoms with Crippen LogP contribution in [0.4, 0.5) is 5.69 Å². The molecule has 0 aliphatic carbocycles. The monoisotopic (exact) mass is 329 g/mol. The molecule has 0 radical (unpaired) electrons. The molecule has 0 N–H and O–H groups in total. The second kappa shape index (κ2) is 6.10. The number of carbonyl (C=O) groups is 1. The van der Waals surface area contributed by atoms with Crippen molar-refractivity contribution in [3.8, 4) is 12.3 Å². The molecule has 1 atom stereocenters. The second-order valence-electron chi connectivity index (χ2n) is 6.49. The number of anilines is 1. The summed E-state index contributed by atoms with van der Waals surface area (Å²) in [5.74, 6) is 3.80. The van der Waals surface area contributed by atoms with Crippen molar-refractivity contribution in [3.63, 3.8) is 0 Å². The number of amides is 1. The van der Waals surface area contributed by atoms with Crippen LogP contribution in [-0.4, -0.2) is 22.0 Å². The first-order valence-corrected chi connectivity index (χ1v) is 8.43. The van der Waals surface area contributed by atoms with Gasteiger partial charge in [0.25, 0.3) is 0 Å². The van der Waals surface area contributed by atoms with Gasteiger partial charge in [-0.1, -0.05) is 35.7 Å². The Bertz CT molecular complexity index is 979. The molecule has 2 aromatic carbocycles. The Morgan fingerprint density at radius 2 is 1.96 bits per heavy atom. The first kappa shape index (κ1) is 15.5. The van der Waals surface area contributed by atoms with Gasteiger partial charge in [0.15, 0.2) is 0 Å². The number of hydrogen-bond acceptors (Lipinski definition) is 2. The van der Waals surface area contributed by atoms with Crippen LogP contribution in [0.25, 0.3) is 11.0 Å². The Kier molecular flexibility index (Phi) is 3.77. The van der Waals surface area contributed by atoms with E-state index >= 15 is 0 Å². The third-order valence-corrected chi connectivity index (χ3v) is 4.77. The van der Waals surface area contributed by atoms with Gasteiger partial charge in [-0.3, -0.25) is 4.79 Å². The van der Waals surface area contributed by atoms with E-state index in [1.165, 1.54) is 5.56 Å². The maximum absolute atomic E-state index is 12.6. The molecule has 1 unspecified atom stereocenters. The largest absolute Gasteiger partial charge is 0.316 e. The number of aryl methyl sites for hydroxylation is 1. The van der Waals surface area contributed by atoms with Gasteiger partial charge in [0, 0.05) is 24.6 Å². The molecule has 1 amide bonds. The van der Waals surface area contributed by atoms with Crippen molar-refractivity contribution >= 4 is 22.6 Å². The summed E-state index contributed by atoms with van der Waals surface area (Å²) < 4.78 is 2.06. The van der Waals surface area contributed by atoms with Gasteiger partial charge < -0.3 is 9.47 Å². The predicted molar refractivity (Wildman–Crippen MR) is 99.5 cm³/mol. The molecule has 1 aromatic heterocycles. The topological polar surface area (TPSA) is 38.1 Å². The number of carbonyl (C=O) groups excluding carboxylic acids is 1. The molecule has 0 spiro atoms. The van der Waals surface area contributed by atoms with Gasteiger partial charge in [-0.25, -0.2) is 4.98 Å². The molecule has 25 heavy (non-hydrogen) atoms. The van der Waals surface area contributed by atoms with Gasteiger partial charge >= 0.3 is 0 Å². The van der Waals surface area contributed by atoms with E-state index in [4.69, 9.17) is 11.4 Å². The molecule has 1 aliphatic heterocycles. The Hall–Kier alpha value is -3.06. The van der Waals surface area contributed by atoms with Crippen molar-refractivity contribution in [1.82, 2.24) is 9.55 Å². The highest BCUT2D eigenvalue weighted by atomic mass is 16.2. The van der Waals surface area contributed by atoms with Crippen LogP contribution in [0.5, 0.6) is 0 Å². The molecule has 124 valence electrons. The summed E-state index contributed by atoms with van der Waals surface area (Å²) in [5, 5.41) is 0. The summed E-state index contributed by atoms with van der Waals surface area (Å²) >= 11 is 0. The summed E-state index contributed by atoms with van der Waals surface area (Å²) in [6.07, 6.45) is 6.02. The molecule has 4 rings (SSSR count). The molecular formula is C21H19N3O. The molecular weight excluding hydrogens is 310 g/mol. The zero-order valence-corrected chi connectivity index (χ0v) is 14.1. The van der Waals surface area contributed by atoms with Gasteiger partial charge in [-0.15, -0.1) is 6.42 Å². The quantitative estimate of drug-likeness (QED) is 0.690. The number of imidazole rings is 1. The van der Waals surface area contributed by atoms with Crippen LogP contribution in [0.2, 0.25) is 0 Å². The highest BCUT2D eigenvalue weighted by Crippen LogP contribution is 2.33. The minimum Gasteiger partial charge on any atom is -0.316 e. The lowest BCUT2D eigenvalue weighted by molar-refractivity contribution is -0.117. The number of terminal acetylenes is 1. The zero-order valence-electron chi connectivity index (χ0n) is 14.1. The molecule has 4 heteroatoms. The van der Waals surface area contributed by atoms with Crippen molar-refractivity contribution in [1.29, 1.82) is 0 Å². The van der Waals surface area contributed by atoms with Gasteiger partial charge in [0.1, 0.15) is 5.82 Å². The minimum atomic E-state index is 0.0505. The van der Waals surface area contributed by atoms with Crippen LogP contribution in [-0.2, 0) is 11.3 Å². The molecule has 0 bridgehead atoms. The normalized spacial score (nSPS) is 17.2. The van der Waals surface area contributed by atoms with E-state index in [1.54, 1.807) is 0 Å². The summed E-state index contributed by atoms with van der Waals surface area (Å²) in [7, 11) is 0. The van der Waals surface area contributed by atoms with Crippen LogP contribution < -0.4 is 4.90 Å². The Morgan fingerprint density at radius 3 is 2.72 bits per heavy atom. The number of hydrogen-bond donors (Lipinski definition) is 0. The van der Waals surface area contributed by atoms with Gasteiger partial charge in [-0.2, -0.15) is 0 Å². The molecule has 2 heterocycles. The standard InChI is InChI=1S/C21H19N3O/c1-3-12-23-19-7-5-4-6-18(19)22-21(23)16-13-20(25)24(14-16)17-10-8-15(2)9-11-17/h1,4-11,16H,12-14H2,2H3.